The number of aromatic carboxylic acids is 1. The van der Waals surface area contributed by atoms with E-state index in [1.807, 2.05) is 31.2 Å². The van der Waals surface area contributed by atoms with Crippen LogP contribution in [0.3, 0.4) is 0 Å². The van der Waals surface area contributed by atoms with Gasteiger partial charge in [-0.2, -0.15) is 0 Å². The summed E-state index contributed by atoms with van der Waals surface area (Å²) >= 11 is 1.26. The lowest BCUT2D eigenvalue weighted by atomic mass is 10.1. The SMILES string of the molecule is CCc1ccc(-c2nc(CC)sc2C(=O)O)cc1. The first-order chi connectivity index (χ1) is 8.65. The molecule has 0 saturated carbocycles. The van der Waals surface area contributed by atoms with Crippen molar-refractivity contribution in [2.45, 2.75) is 26.7 Å². The van der Waals surface area contributed by atoms with Gasteiger partial charge in [-0.15, -0.1) is 11.3 Å². The summed E-state index contributed by atoms with van der Waals surface area (Å²) in [5, 5.41) is 10.1. The van der Waals surface area contributed by atoms with E-state index >= 15 is 0 Å². The van der Waals surface area contributed by atoms with Gasteiger partial charge in [-0.25, -0.2) is 9.78 Å². The minimum atomic E-state index is -0.901. The number of carbonyl (C=O) groups is 1. The molecule has 94 valence electrons. The van der Waals surface area contributed by atoms with Gasteiger partial charge >= 0.3 is 5.97 Å². The van der Waals surface area contributed by atoms with E-state index in [1.165, 1.54) is 16.9 Å². The maximum absolute atomic E-state index is 11.2. The number of carboxylic acids is 1. The van der Waals surface area contributed by atoms with Crippen molar-refractivity contribution in [3.63, 3.8) is 0 Å². The number of aromatic nitrogens is 1. The average Bonchev–Trinajstić information content (AvgIpc) is 2.83. The van der Waals surface area contributed by atoms with Gasteiger partial charge in [0.25, 0.3) is 0 Å². The number of thiazole rings is 1. The largest absolute Gasteiger partial charge is 0.477 e. The van der Waals surface area contributed by atoms with Gasteiger partial charge in [0.05, 0.1) is 10.7 Å². The zero-order chi connectivity index (χ0) is 13.1. The quantitative estimate of drug-likeness (QED) is 0.914. The van der Waals surface area contributed by atoms with Crippen LogP contribution in [0, 0.1) is 0 Å². The Balaban J connectivity index is 2.47. The molecule has 2 rings (SSSR count). The zero-order valence-corrected chi connectivity index (χ0v) is 11.3. The molecule has 0 unspecified atom stereocenters. The first-order valence-electron chi connectivity index (χ1n) is 5.98. The Bertz CT molecular complexity index is 558. The third-order valence-corrected chi connectivity index (χ3v) is 3.99. The van der Waals surface area contributed by atoms with Crippen molar-refractivity contribution in [2.75, 3.05) is 0 Å². The number of hydrogen-bond acceptors (Lipinski definition) is 3. The van der Waals surface area contributed by atoms with Crippen LogP contribution in [0.5, 0.6) is 0 Å². The van der Waals surface area contributed by atoms with E-state index in [2.05, 4.69) is 11.9 Å². The van der Waals surface area contributed by atoms with Gasteiger partial charge in [0, 0.05) is 5.56 Å². The molecule has 0 aliphatic carbocycles. The summed E-state index contributed by atoms with van der Waals surface area (Å²) in [5.41, 5.74) is 2.70. The van der Waals surface area contributed by atoms with Crippen molar-refractivity contribution >= 4 is 17.3 Å². The Morgan fingerprint density at radius 2 is 1.89 bits per heavy atom. The molecule has 0 amide bonds. The molecule has 0 fully saturated rings. The molecule has 0 atom stereocenters. The van der Waals surface area contributed by atoms with E-state index in [0.717, 1.165) is 23.4 Å². The fourth-order valence-corrected chi connectivity index (χ4v) is 2.62. The van der Waals surface area contributed by atoms with Crippen LogP contribution < -0.4 is 0 Å². The molecule has 1 heterocycles. The predicted octanol–water partition coefficient (Wildman–Crippen LogP) is 3.63. The number of rotatable bonds is 4. The van der Waals surface area contributed by atoms with E-state index in [0.29, 0.717) is 10.6 Å². The maximum Gasteiger partial charge on any atom is 0.348 e. The molecule has 1 aromatic carbocycles. The predicted molar refractivity (Wildman–Crippen MR) is 73.3 cm³/mol. The Labute approximate surface area is 110 Å². The minimum Gasteiger partial charge on any atom is -0.477 e. The highest BCUT2D eigenvalue weighted by Gasteiger charge is 2.17. The van der Waals surface area contributed by atoms with Gasteiger partial charge in [-0.1, -0.05) is 38.1 Å². The van der Waals surface area contributed by atoms with Gasteiger partial charge in [-0.05, 0) is 18.4 Å². The molecular weight excluding hydrogens is 246 g/mol. The number of aryl methyl sites for hydroxylation is 2. The molecule has 0 radical (unpaired) electrons. The average molecular weight is 261 g/mol. The molecule has 1 aromatic heterocycles. The summed E-state index contributed by atoms with van der Waals surface area (Å²) in [6.07, 6.45) is 1.74. The lowest BCUT2D eigenvalue weighted by Gasteiger charge is -2.01. The van der Waals surface area contributed by atoms with Crippen molar-refractivity contribution < 1.29 is 9.90 Å². The smallest absolute Gasteiger partial charge is 0.348 e. The van der Waals surface area contributed by atoms with Crippen LogP contribution in [-0.4, -0.2) is 16.1 Å². The maximum atomic E-state index is 11.2. The molecule has 3 nitrogen and oxygen atoms in total. The minimum absolute atomic E-state index is 0.330. The molecule has 0 bridgehead atoms. The van der Waals surface area contributed by atoms with Gasteiger partial charge in [0.1, 0.15) is 4.88 Å². The number of benzene rings is 1. The number of nitrogens with zero attached hydrogens (tertiary/aromatic N) is 1. The topological polar surface area (TPSA) is 50.2 Å². The van der Waals surface area contributed by atoms with Gasteiger partial charge in [0.2, 0.25) is 0 Å². The highest BCUT2D eigenvalue weighted by atomic mass is 32.1. The van der Waals surface area contributed by atoms with Gasteiger partial charge in [0.15, 0.2) is 0 Å². The molecular formula is C14H15NO2S. The Hall–Kier alpha value is -1.68. The zero-order valence-electron chi connectivity index (χ0n) is 10.4. The summed E-state index contributed by atoms with van der Waals surface area (Å²) in [6.45, 7) is 4.07. The van der Waals surface area contributed by atoms with Crippen LogP contribution in [0.2, 0.25) is 0 Å². The van der Waals surface area contributed by atoms with Crippen molar-refractivity contribution in [2.24, 2.45) is 0 Å². The summed E-state index contributed by atoms with van der Waals surface area (Å²) in [7, 11) is 0. The lowest BCUT2D eigenvalue weighted by molar-refractivity contribution is 0.0702. The Kier molecular flexibility index (Phi) is 3.77. The highest BCUT2D eigenvalue weighted by molar-refractivity contribution is 7.14. The van der Waals surface area contributed by atoms with E-state index in [1.54, 1.807) is 0 Å². The van der Waals surface area contributed by atoms with Crippen molar-refractivity contribution in [3.8, 4) is 11.3 Å². The molecule has 0 aliphatic rings. The molecule has 4 heteroatoms. The molecule has 0 spiro atoms. The van der Waals surface area contributed by atoms with E-state index in [4.69, 9.17) is 0 Å². The molecule has 0 saturated heterocycles. The van der Waals surface area contributed by atoms with Crippen molar-refractivity contribution in [1.82, 2.24) is 4.98 Å². The normalized spacial score (nSPS) is 10.6. The number of carboxylic acid groups (broad SMARTS) is 1. The highest BCUT2D eigenvalue weighted by Crippen LogP contribution is 2.28. The summed E-state index contributed by atoms with van der Waals surface area (Å²) < 4.78 is 0. The van der Waals surface area contributed by atoms with Gasteiger partial charge < -0.3 is 5.11 Å². The van der Waals surface area contributed by atoms with Crippen molar-refractivity contribution in [1.29, 1.82) is 0 Å². The van der Waals surface area contributed by atoms with Crippen LogP contribution in [0.25, 0.3) is 11.3 Å². The number of hydrogen-bond donors (Lipinski definition) is 1. The summed E-state index contributed by atoms with van der Waals surface area (Å²) in [6, 6.07) is 7.93. The third-order valence-electron chi connectivity index (χ3n) is 2.80. The van der Waals surface area contributed by atoms with Crippen LogP contribution in [-0.2, 0) is 12.8 Å². The van der Waals surface area contributed by atoms with Crippen LogP contribution in [0.4, 0.5) is 0 Å². The fourth-order valence-electron chi connectivity index (χ4n) is 1.75. The monoisotopic (exact) mass is 261 g/mol. The molecule has 1 N–H and O–H groups in total. The second-order valence-electron chi connectivity index (χ2n) is 3.99. The van der Waals surface area contributed by atoms with Crippen LogP contribution >= 0.6 is 11.3 Å². The van der Waals surface area contributed by atoms with E-state index < -0.39 is 5.97 Å². The first kappa shape index (κ1) is 12.8. The standard InChI is InChI=1S/C14H15NO2S/c1-3-9-5-7-10(8-6-9)12-13(14(16)17)18-11(4-2)15-12/h5-8H,3-4H2,1-2H3,(H,16,17). The fraction of sp³-hybridized carbons (Fsp3) is 0.286. The first-order valence-corrected chi connectivity index (χ1v) is 6.79. The second-order valence-corrected chi connectivity index (χ2v) is 5.08. The van der Waals surface area contributed by atoms with Gasteiger partial charge in [-0.3, -0.25) is 0 Å². The molecule has 0 aliphatic heterocycles. The van der Waals surface area contributed by atoms with Crippen LogP contribution in [0.15, 0.2) is 24.3 Å². The Morgan fingerprint density at radius 1 is 1.22 bits per heavy atom. The van der Waals surface area contributed by atoms with Crippen LogP contribution in [0.1, 0.15) is 34.1 Å². The van der Waals surface area contributed by atoms with Crippen molar-refractivity contribution in [3.05, 3.63) is 39.7 Å². The molecule has 18 heavy (non-hydrogen) atoms. The third kappa shape index (κ3) is 2.43. The Morgan fingerprint density at radius 3 is 2.39 bits per heavy atom. The molecule has 2 aromatic rings. The van der Waals surface area contributed by atoms with E-state index in [9.17, 15) is 9.90 Å². The summed E-state index contributed by atoms with van der Waals surface area (Å²) in [4.78, 5) is 16.0. The lowest BCUT2D eigenvalue weighted by Crippen LogP contribution is -1.95. The summed E-state index contributed by atoms with van der Waals surface area (Å²) in [5.74, 6) is -0.901. The van der Waals surface area contributed by atoms with E-state index in [-0.39, 0.29) is 0 Å². The second kappa shape index (κ2) is 5.31.